The van der Waals surface area contributed by atoms with Crippen molar-refractivity contribution in [1.29, 1.82) is 0 Å². The van der Waals surface area contributed by atoms with E-state index in [1.807, 2.05) is 4.57 Å². The van der Waals surface area contributed by atoms with Crippen LogP contribution in [0.5, 0.6) is 0 Å². The highest BCUT2D eigenvalue weighted by Gasteiger charge is 2.06. The lowest BCUT2D eigenvalue weighted by molar-refractivity contribution is 0.625. The summed E-state index contributed by atoms with van der Waals surface area (Å²) in [6.45, 7) is 2.95. The van der Waals surface area contributed by atoms with Crippen molar-refractivity contribution in [2.75, 3.05) is 0 Å². The molecule has 5 heteroatoms. The van der Waals surface area contributed by atoms with E-state index in [4.69, 9.17) is 12.2 Å². The summed E-state index contributed by atoms with van der Waals surface area (Å²) < 4.78 is 15.4. The Labute approximate surface area is 104 Å². The lowest BCUT2D eigenvalue weighted by Crippen LogP contribution is -2.04. The Hall–Kier alpha value is -1.49. The van der Waals surface area contributed by atoms with Crippen LogP contribution in [-0.2, 0) is 13.0 Å². The van der Waals surface area contributed by atoms with Crippen LogP contribution >= 0.6 is 12.2 Å². The number of aromatic amines is 1. The minimum atomic E-state index is -0.221. The van der Waals surface area contributed by atoms with Gasteiger partial charge in [-0.2, -0.15) is 5.10 Å². The van der Waals surface area contributed by atoms with Gasteiger partial charge in [0, 0.05) is 13.0 Å². The number of hydrogen-bond acceptors (Lipinski definition) is 2. The van der Waals surface area contributed by atoms with Crippen LogP contribution in [0.3, 0.4) is 0 Å². The summed E-state index contributed by atoms with van der Waals surface area (Å²) in [6.07, 6.45) is 1.66. The molecule has 0 spiro atoms. The van der Waals surface area contributed by atoms with Gasteiger partial charge in [0.15, 0.2) is 4.77 Å². The predicted octanol–water partition coefficient (Wildman–Crippen LogP) is 3.08. The maximum absolute atomic E-state index is 12.8. The summed E-state index contributed by atoms with van der Waals surface area (Å²) in [5.74, 6) is 0.671. The van der Waals surface area contributed by atoms with E-state index in [0.717, 1.165) is 24.4 Å². The lowest BCUT2D eigenvalue weighted by Gasteiger charge is -2.04. The lowest BCUT2D eigenvalue weighted by atomic mass is 10.1. The van der Waals surface area contributed by atoms with E-state index in [9.17, 15) is 4.39 Å². The van der Waals surface area contributed by atoms with Crippen molar-refractivity contribution in [3.63, 3.8) is 0 Å². The first kappa shape index (κ1) is 12.0. The van der Waals surface area contributed by atoms with Crippen molar-refractivity contribution in [2.24, 2.45) is 0 Å². The van der Waals surface area contributed by atoms with Gasteiger partial charge < -0.3 is 4.57 Å². The van der Waals surface area contributed by atoms with Crippen molar-refractivity contribution < 1.29 is 4.39 Å². The number of nitrogens with one attached hydrogen (secondary N) is 1. The summed E-state index contributed by atoms with van der Waals surface area (Å²) >= 11 is 5.16. The maximum atomic E-state index is 12.8. The Balaban J connectivity index is 2.23. The molecular formula is C12H14FN3S. The zero-order chi connectivity index (χ0) is 12.3. The fourth-order valence-electron chi connectivity index (χ4n) is 1.72. The van der Waals surface area contributed by atoms with Crippen LogP contribution in [0.15, 0.2) is 24.3 Å². The topological polar surface area (TPSA) is 33.6 Å². The van der Waals surface area contributed by atoms with Gasteiger partial charge in [0.1, 0.15) is 11.6 Å². The molecular weight excluding hydrogens is 237 g/mol. The Bertz CT molecular complexity index is 542. The predicted molar refractivity (Wildman–Crippen MR) is 66.9 cm³/mol. The fraction of sp³-hybridized carbons (Fsp3) is 0.333. The minimum Gasteiger partial charge on any atom is -0.304 e. The molecule has 17 heavy (non-hydrogen) atoms. The molecule has 3 nitrogen and oxygen atoms in total. The molecule has 0 aliphatic rings. The Morgan fingerprint density at radius 2 is 2.06 bits per heavy atom. The molecule has 0 saturated carbocycles. The molecule has 0 unspecified atom stereocenters. The highest BCUT2D eigenvalue weighted by Crippen LogP contribution is 2.09. The third-order valence-electron chi connectivity index (χ3n) is 2.56. The number of aromatic nitrogens is 3. The maximum Gasteiger partial charge on any atom is 0.195 e. The number of rotatable bonds is 4. The van der Waals surface area contributed by atoms with Gasteiger partial charge in [-0.1, -0.05) is 19.1 Å². The van der Waals surface area contributed by atoms with Crippen LogP contribution in [0.1, 0.15) is 24.7 Å². The SMILES string of the molecule is CCCn1c(Cc2ccc(F)cc2)n[nH]c1=S. The Morgan fingerprint density at radius 3 is 2.71 bits per heavy atom. The molecule has 0 fully saturated rings. The fourth-order valence-corrected chi connectivity index (χ4v) is 1.97. The van der Waals surface area contributed by atoms with Gasteiger partial charge in [0.2, 0.25) is 0 Å². The Morgan fingerprint density at radius 1 is 1.35 bits per heavy atom. The van der Waals surface area contributed by atoms with E-state index in [2.05, 4.69) is 17.1 Å². The van der Waals surface area contributed by atoms with Gasteiger partial charge in [-0.05, 0) is 36.3 Å². The second kappa shape index (κ2) is 5.23. The third-order valence-corrected chi connectivity index (χ3v) is 2.87. The molecule has 0 radical (unpaired) electrons. The zero-order valence-corrected chi connectivity index (χ0v) is 10.4. The number of halogens is 1. The van der Waals surface area contributed by atoms with Crippen LogP contribution in [0, 0.1) is 10.6 Å². The highest BCUT2D eigenvalue weighted by atomic mass is 32.1. The molecule has 2 rings (SSSR count). The summed E-state index contributed by atoms with van der Waals surface area (Å²) in [5.41, 5.74) is 1.03. The summed E-state index contributed by atoms with van der Waals surface area (Å²) in [7, 11) is 0. The quantitative estimate of drug-likeness (QED) is 0.847. The first-order valence-corrected chi connectivity index (χ1v) is 6.00. The first-order chi connectivity index (χ1) is 8.20. The molecule has 1 aromatic heterocycles. The molecule has 0 aliphatic heterocycles. The highest BCUT2D eigenvalue weighted by molar-refractivity contribution is 7.71. The summed E-state index contributed by atoms with van der Waals surface area (Å²) in [5, 5.41) is 7.00. The van der Waals surface area contributed by atoms with Crippen LogP contribution in [0.25, 0.3) is 0 Å². The van der Waals surface area contributed by atoms with Crippen molar-refractivity contribution in [1.82, 2.24) is 14.8 Å². The second-order valence-corrected chi connectivity index (χ2v) is 4.29. The van der Waals surface area contributed by atoms with Gasteiger partial charge in [-0.15, -0.1) is 0 Å². The van der Waals surface area contributed by atoms with Gasteiger partial charge >= 0.3 is 0 Å². The molecule has 0 atom stereocenters. The monoisotopic (exact) mass is 251 g/mol. The molecule has 0 bridgehead atoms. The van der Waals surface area contributed by atoms with E-state index in [0.29, 0.717) is 11.2 Å². The molecule has 1 N–H and O–H groups in total. The number of hydrogen-bond donors (Lipinski definition) is 1. The molecule has 1 heterocycles. The van der Waals surface area contributed by atoms with Crippen LogP contribution < -0.4 is 0 Å². The van der Waals surface area contributed by atoms with Gasteiger partial charge in [0.25, 0.3) is 0 Å². The van der Waals surface area contributed by atoms with Crippen molar-refractivity contribution >= 4 is 12.2 Å². The number of benzene rings is 1. The largest absolute Gasteiger partial charge is 0.304 e. The van der Waals surface area contributed by atoms with Crippen molar-refractivity contribution in [3.8, 4) is 0 Å². The number of nitrogens with zero attached hydrogens (tertiary/aromatic N) is 2. The third kappa shape index (κ3) is 2.79. The van der Waals surface area contributed by atoms with Gasteiger partial charge in [0.05, 0.1) is 0 Å². The zero-order valence-electron chi connectivity index (χ0n) is 9.61. The average Bonchev–Trinajstić information content (AvgIpc) is 2.65. The smallest absolute Gasteiger partial charge is 0.195 e. The van der Waals surface area contributed by atoms with Gasteiger partial charge in [-0.3, -0.25) is 5.10 Å². The average molecular weight is 251 g/mol. The molecule has 0 saturated heterocycles. The van der Waals surface area contributed by atoms with Crippen LogP contribution in [0.2, 0.25) is 0 Å². The van der Waals surface area contributed by atoms with Crippen LogP contribution in [-0.4, -0.2) is 14.8 Å². The van der Waals surface area contributed by atoms with Crippen molar-refractivity contribution in [2.45, 2.75) is 26.3 Å². The minimum absolute atomic E-state index is 0.221. The molecule has 2 aromatic rings. The first-order valence-electron chi connectivity index (χ1n) is 5.59. The van der Waals surface area contributed by atoms with Crippen molar-refractivity contribution in [3.05, 3.63) is 46.2 Å². The van der Waals surface area contributed by atoms with Crippen LogP contribution in [0.4, 0.5) is 4.39 Å². The Kier molecular flexibility index (Phi) is 3.68. The van der Waals surface area contributed by atoms with E-state index in [1.165, 1.54) is 12.1 Å². The molecule has 0 amide bonds. The second-order valence-electron chi connectivity index (χ2n) is 3.90. The van der Waals surface area contributed by atoms with E-state index in [-0.39, 0.29) is 5.82 Å². The molecule has 0 aliphatic carbocycles. The summed E-state index contributed by atoms with van der Waals surface area (Å²) in [6, 6.07) is 6.45. The van der Waals surface area contributed by atoms with E-state index < -0.39 is 0 Å². The van der Waals surface area contributed by atoms with E-state index >= 15 is 0 Å². The normalized spacial score (nSPS) is 10.7. The molecule has 90 valence electrons. The molecule has 1 aromatic carbocycles. The standard InChI is InChI=1S/C12H14FN3S/c1-2-7-16-11(14-15-12(16)17)8-9-3-5-10(13)6-4-9/h3-6H,2,7-8H2,1H3,(H,15,17). The van der Waals surface area contributed by atoms with E-state index in [1.54, 1.807) is 12.1 Å². The number of H-pyrrole nitrogens is 1. The van der Waals surface area contributed by atoms with Gasteiger partial charge in [-0.25, -0.2) is 4.39 Å². The summed E-state index contributed by atoms with van der Waals surface area (Å²) in [4.78, 5) is 0.